The predicted octanol–water partition coefficient (Wildman–Crippen LogP) is 4.34. The normalized spacial score (nSPS) is 18.0. The van der Waals surface area contributed by atoms with Gasteiger partial charge < -0.3 is 9.47 Å². The van der Waals surface area contributed by atoms with Gasteiger partial charge in [-0.3, -0.25) is 4.79 Å². The van der Waals surface area contributed by atoms with Gasteiger partial charge in [0.2, 0.25) is 0 Å². The predicted molar refractivity (Wildman–Crippen MR) is 86.5 cm³/mol. The number of unbranched alkanes of at least 4 members (excludes halogenated alkanes) is 1. The van der Waals surface area contributed by atoms with Crippen molar-refractivity contribution >= 4 is 17.5 Å². The first-order valence-electron chi connectivity index (χ1n) is 7.62. The molecule has 1 aromatic rings. The Balaban J connectivity index is 1.74. The van der Waals surface area contributed by atoms with E-state index >= 15 is 0 Å². The van der Waals surface area contributed by atoms with E-state index in [4.69, 9.17) is 9.47 Å². The van der Waals surface area contributed by atoms with Crippen molar-refractivity contribution in [2.24, 2.45) is 5.92 Å². The Morgan fingerprint density at radius 3 is 2.76 bits per heavy atom. The van der Waals surface area contributed by atoms with Gasteiger partial charge in [0.15, 0.2) is 0 Å². The van der Waals surface area contributed by atoms with Crippen molar-refractivity contribution in [1.29, 1.82) is 0 Å². The van der Waals surface area contributed by atoms with Gasteiger partial charge in [-0.25, -0.2) is 0 Å². The van der Waals surface area contributed by atoms with Gasteiger partial charge in [-0.2, -0.15) is 0 Å². The minimum atomic E-state index is 0.348. The molecule has 0 saturated heterocycles. The second-order valence-corrected chi connectivity index (χ2v) is 6.55. The van der Waals surface area contributed by atoms with Crippen LogP contribution < -0.4 is 9.47 Å². The number of methoxy groups -OCH3 is 2. The van der Waals surface area contributed by atoms with Crippen molar-refractivity contribution in [3.63, 3.8) is 0 Å². The summed E-state index contributed by atoms with van der Waals surface area (Å²) >= 11 is 1.79. The largest absolute Gasteiger partial charge is 0.497 e. The van der Waals surface area contributed by atoms with Crippen LogP contribution in [-0.4, -0.2) is 25.8 Å². The van der Waals surface area contributed by atoms with Crippen LogP contribution in [0, 0.1) is 5.92 Å². The Morgan fingerprint density at radius 2 is 2.10 bits per heavy atom. The van der Waals surface area contributed by atoms with Crippen LogP contribution in [0.25, 0.3) is 0 Å². The number of benzene rings is 1. The van der Waals surface area contributed by atoms with Crippen molar-refractivity contribution in [3.05, 3.63) is 18.2 Å². The van der Waals surface area contributed by atoms with Crippen molar-refractivity contribution in [2.45, 2.75) is 43.4 Å². The van der Waals surface area contributed by atoms with Crippen molar-refractivity contribution in [1.82, 2.24) is 0 Å². The molecule has 1 aliphatic carbocycles. The molecular weight excluding hydrogens is 284 g/mol. The van der Waals surface area contributed by atoms with Gasteiger partial charge in [-0.15, -0.1) is 11.8 Å². The van der Waals surface area contributed by atoms with Crippen molar-refractivity contribution in [3.8, 4) is 11.5 Å². The molecule has 4 heteroatoms. The Labute approximate surface area is 131 Å². The molecule has 1 aromatic carbocycles. The highest BCUT2D eigenvalue weighted by atomic mass is 32.2. The minimum absolute atomic E-state index is 0.348. The van der Waals surface area contributed by atoms with Gasteiger partial charge in [0.1, 0.15) is 17.3 Å². The lowest BCUT2D eigenvalue weighted by molar-refractivity contribution is -0.120. The molecule has 116 valence electrons. The maximum atomic E-state index is 11.6. The lowest BCUT2D eigenvalue weighted by Gasteiger charge is -2.10. The maximum absolute atomic E-state index is 11.6. The van der Waals surface area contributed by atoms with Gasteiger partial charge in [0.05, 0.1) is 19.1 Å². The lowest BCUT2D eigenvalue weighted by atomic mass is 10.0. The molecule has 1 aliphatic rings. The first-order chi connectivity index (χ1) is 10.2. The summed E-state index contributed by atoms with van der Waals surface area (Å²) in [7, 11) is 3.37. The van der Waals surface area contributed by atoms with Gasteiger partial charge in [-0.05, 0) is 49.6 Å². The average molecular weight is 308 g/mol. The van der Waals surface area contributed by atoms with Gasteiger partial charge in [0.25, 0.3) is 0 Å². The molecule has 2 rings (SSSR count). The van der Waals surface area contributed by atoms with Crippen molar-refractivity contribution < 1.29 is 14.3 Å². The molecule has 0 spiro atoms. The molecule has 0 aliphatic heterocycles. The minimum Gasteiger partial charge on any atom is -0.497 e. The lowest BCUT2D eigenvalue weighted by Crippen LogP contribution is -2.05. The highest BCUT2D eigenvalue weighted by Gasteiger charge is 2.23. The summed E-state index contributed by atoms with van der Waals surface area (Å²) < 4.78 is 10.6. The Morgan fingerprint density at radius 1 is 1.24 bits per heavy atom. The van der Waals surface area contributed by atoms with E-state index in [-0.39, 0.29) is 0 Å². The van der Waals surface area contributed by atoms with Crippen molar-refractivity contribution in [2.75, 3.05) is 20.0 Å². The maximum Gasteiger partial charge on any atom is 0.135 e. The molecule has 1 saturated carbocycles. The summed E-state index contributed by atoms with van der Waals surface area (Å²) in [6, 6.07) is 5.87. The summed E-state index contributed by atoms with van der Waals surface area (Å²) in [4.78, 5) is 12.7. The molecule has 1 unspecified atom stereocenters. The fourth-order valence-electron chi connectivity index (χ4n) is 2.76. The quantitative estimate of drug-likeness (QED) is 0.529. The third-order valence-corrected chi connectivity index (χ3v) is 5.13. The molecule has 0 aromatic heterocycles. The third kappa shape index (κ3) is 4.67. The Kier molecular flexibility index (Phi) is 6.43. The van der Waals surface area contributed by atoms with Crippen LogP contribution in [0.2, 0.25) is 0 Å². The van der Waals surface area contributed by atoms with E-state index in [9.17, 15) is 4.79 Å². The number of ether oxygens (including phenoxy) is 2. The number of hydrogen-bond acceptors (Lipinski definition) is 4. The Bertz CT molecular complexity index is 473. The van der Waals surface area contributed by atoms with Crippen LogP contribution in [0.4, 0.5) is 0 Å². The van der Waals surface area contributed by atoms with E-state index < -0.39 is 0 Å². The standard InChI is InChI=1S/C17H24O3S/c1-19-14-9-10-16(20-2)17(12-14)21-11-4-3-6-13-7-5-8-15(13)18/h9-10,12-13H,3-8,11H2,1-2H3. The SMILES string of the molecule is COc1ccc(OC)c(SCCCCC2CCCC2=O)c1. The summed E-state index contributed by atoms with van der Waals surface area (Å²) in [5, 5.41) is 0. The first-order valence-corrected chi connectivity index (χ1v) is 8.60. The number of Topliss-reactive ketones (excluding diaryl/α,β-unsaturated/α-hetero) is 1. The van der Waals surface area contributed by atoms with Crippen LogP contribution >= 0.6 is 11.8 Å². The second kappa shape index (κ2) is 8.32. The zero-order valence-corrected chi connectivity index (χ0v) is 13.7. The zero-order chi connectivity index (χ0) is 15.1. The summed E-state index contributed by atoms with van der Waals surface area (Å²) in [5.74, 6) is 3.63. The van der Waals surface area contributed by atoms with E-state index in [2.05, 4.69) is 0 Å². The fourth-order valence-corrected chi connectivity index (χ4v) is 3.83. The highest BCUT2D eigenvalue weighted by Crippen LogP contribution is 2.33. The van der Waals surface area contributed by atoms with Gasteiger partial charge >= 0.3 is 0 Å². The number of rotatable bonds is 8. The van der Waals surface area contributed by atoms with Gasteiger partial charge in [0, 0.05) is 12.3 Å². The summed E-state index contributed by atoms with van der Waals surface area (Å²) in [6.45, 7) is 0. The highest BCUT2D eigenvalue weighted by molar-refractivity contribution is 7.99. The second-order valence-electron chi connectivity index (χ2n) is 5.42. The topological polar surface area (TPSA) is 35.5 Å². The number of thioether (sulfide) groups is 1. The number of carbonyl (C=O) groups is 1. The van der Waals surface area contributed by atoms with Gasteiger partial charge in [-0.1, -0.05) is 6.42 Å². The monoisotopic (exact) mass is 308 g/mol. The van der Waals surface area contributed by atoms with E-state index in [1.54, 1.807) is 26.0 Å². The number of ketones is 1. The van der Waals surface area contributed by atoms with Crippen LogP contribution in [0.3, 0.4) is 0 Å². The van der Waals surface area contributed by atoms with Crippen LogP contribution in [-0.2, 0) is 4.79 Å². The molecule has 1 atom stereocenters. The van der Waals surface area contributed by atoms with E-state index in [1.165, 1.54) is 0 Å². The Hall–Kier alpha value is -1.16. The summed E-state index contributed by atoms with van der Waals surface area (Å²) in [5.41, 5.74) is 0. The molecule has 0 radical (unpaired) electrons. The molecular formula is C17H24O3S. The smallest absolute Gasteiger partial charge is 0.135 e. The van der Waals surface area contributed by atoms with Crippen LogP contribution in [0.15, 0.2) is 23.1 Å². The molecule has 0 heterocycles. The number of carbonyl (C=O) groups excluding carboxylic acids is 1. The molecule has 0 amide bonds. The zero-order valence-electron chi connectivity index (χ0n) is 12.9. The van der Waals surface area contributed by atoms with Crippen LogP contribution in [0.5, 0.6) is 11.5 Å². The van der Waals surface area contributed by atoms with Crippen LogP contribution in [0.1, 0.15) is 38.5 Å². The summed E-state index contributed by atoms with van der Waals surface area (Å²) in [6.07, 6.45) is 6.34. The van der Waals surface area contributed by atoms with E-state index in [0.717, 1.165) is 60.7 Å². The first kappa shape index (κ1) is 16.2. The molecule has 3 nitrogen and oxygen atoms in total. The molecule has 21 heavy (non-hydrogen) atoms. The average Bonchev–Trinajstić information content (AvgIpc) is 2.92. The molecule has 0 N–H and O–H groups in total. The fraction of sp³-hybridized carbons (Fsp3) is 0.588. The number of hydrogen-bond donors (Lipinski definition) is 0. The third-order valence-electron chi connectivity index (χ3n) is 4.01. The van der Waals surface area contributed by atoms with E-state index in [1.807, 2.05) is 18.2 Å². The molecule has 1 fully saturated rings. The molecule has 0 bridgehead atoms. The van der Waals surface area contributed by atoms with E-state index in [0.29, 0.717) is 11.7 Å².